The van der Waals surface area contributed by atoms with Gasteiger partial charge in [-0.2, -0.15) is 0 Å². The van der Waals surface area contributed by atoms with E-state index in [2.05, 4.69) is 28.1 Å². The van der Waals surface area contributed by atoms with Crippen molar-refractivity contribution in [2.45, 2.75) is 51.7 Å². The van der Waals surface area contributed by atoms with Crippen LogP contribution in [0.4, 0.5) is 4.39 Å². The number of benzene rings is 2. The average molecular weight is 501 g/mol. The maximum Gasteiger partial charge on any atom is 0.200 e. The van der Waals surface area contributed by atoms with Crippen LogP contribution < -0.4 is 5.43 Å². The molecule has 6 rings (SSSR count). The largest absolute Gasteiger partial charge is 0.463 e. The molecule has 2 aromatic carbocycles. The Morgan fingerprint density at radius 2 is 2.03 bits per heavy atom. The van der Waals surface area contributed by atoms with E-state index in [-0.39, 0.29) is 11.3 Å². The van der Waals surface area contributed by atoms with Gasteiger partial charge in [0.2, 0.25) is 5.43 Å². The van der Waals surface area contributed by atoms with Crippen LogP contribution in [0.25, 0.3) is 22.1 Å². The first-order chi connectivity index (χ1) is 17.8. The van der Waals surface area contributed by atoms with E-state index in [1.54, 1.807) is 29.8 Å². The van der Waals surface area contributed by atoms with Crippen LogP contribution in [0.1, 0.15) is 55.1 Å². The minimum atomic E-state index is -1.76. The summed E-state index contributed by atoms with van der Waals surface area (Å²) in [5.74, 6) is 0.838. The summed E-state index contributed by atoms with van der Waals surface area (Å²) in [5.41, 5.74) is 2.41. The molecule has 4 aromatic rings. The van der Waals surface area contributed by atoms with Gasteiger partial charge in [-0.1, -0.05) is 31.2 Å². The first-order valence-electron chi connectivity index (χ1n) is 13.3. The standard InChI is InChI=1S/C30H33FN4O2/c1-19-6-5-11-35(15-19)16-21-12-20(2)28-25(13-21)27(36)26(17-37-28)22-7-4-8-24(14-22)30(31,23-9-10-23)29-33-32-18-34(29)3/h4,7-8,12-14,17-19,23H,5-6,9-11,15-16H2,1-3H3. The highest BCUT2D eigenvalue weighted by atomic mass is 19.1. The van der Waals surface area contributed by atoms with Crippen molar-refractivity contribution in [1.82, 2.24) is 19.7 Å². The number of alkyl halides is 1. The Balaban J connectivity index is 1.40. The smallest absolute Gasteiger partial charge is 0.200 e. The maximum atomic E-state index is 16.7. The summed E-state index contributed by atoms with van der Waals surface area (Å²) in [6.45, 7) is 7.27. The van der Waals surface area contributed by atoms with Crippen molar-refractivity contribution in [3.8, 4) is 11.1 Å². The molecule has 1 aliphatic carbocycles. The molecule has 3 heterocycles. The molecule has 1 saturated carbocycles. The van der Waals surface area contributed by atoms with E-state index in [0.29, 0.717) is 39.4 Å². The lowest BCUT2D eigenvalue weighted by molar-refractivity contribution is 0.168. The monoisotopic (exact) mass is 500 g/mol. The molecule has 2 atom stereocenters. The molecular weight excluding hydrogens is 467 g/mol. The SMILES string of the molecule is Cc1cc(CN2CCCC(C)C2)cc2c(=O)c(-c3cccc(C(F)(c4nncn4C)C4CC4)c3)coc12. The molecular formula is C30H33FN4O2. The van der Waals surface area contributed by atoms with Gasteiger partial charge in [-0.05, 0) is 79.5 Å². The van der Waals surface area contributed by atoms with Crippen LogP contribution >= 0.6 is 0 Å². The third kappa shape index (κ3) is 4.29. The zero-order valence-electron chi connectivity index (χ0n) is 21.7. The Hall–Kier alpha value is -3.32. The molecule has 0 amide bonds. The van der Waals surface area contributed by atoms with Crippen molar-refractivity contribution >= 4 is 11.0 Å². The van der Waals surface area contributed by atoms with Crippen molar-refractivity contribution in [3.63, 3.8) is 0 Å². The van der Waals surface area contributed by atoms with E-state index in [0.717, 1.165) is 43.6 Å². The molecule has 192 valence electrons. The summed E-state index contributed by atoms with van der Waals surface area (Å²) < 4.78 is 24.4. The lowest BCUT2D eigenvalue weighted by Crippen LogP contribution is -2.33. The second-order valence-electron chi connectivity index (χ2n) is 11.1. The summed E-state index contributed by atoms with van der Waals surface area (Å²) in [4.78, 5) is 16.2. The predicted molar refractivity (Wildman–Crippen MR) is 142 cm³/mol. The minimum Gasteiger partial charge on any atom is -0.463 e. The van der Waals surface area contributed by atoms with Crippen LogP contribution in [-0.2, 0) is 19.3 Å². The van der Waals surface area contributed by atoms with Gasteiger partial charge in [0.05, 0.1) is 10.9 Å². The van der Waals surface area contributed by atoms with Crippen molar-refractivity contribution in [2.75, 3.05) is 13.1 Å². The normalized spacial score (nSPS) is 20.3. The second kappa shape index (κ2) is 9.21. The molecule has 0 spiro atoms. The van der Waals surface area contributed by atoms with E-state index in [9.17, 15) is 4.79 Å². The number of aromatic nitrogens is 3. The number of rotatable bonds is 6. The Morgan fingerprint density at radius 1 is 1.19 bits per heavy atom. The highest BCUT2D eigenvalue weighted by Gasteiger charge is 2.51. The number of aryl methyl sites for hydroxylation is 2. The lowest BCUT2D eigenvalue weighted by Gasteiger charge is -2.30. The molecule has 1 aliphatic heterocycles. The topological polar surface area (TPSA) is 64.2 Å². The van der Waals surface area contributed by atoms with Crippen molar-refractivity contribution in [3.05, 3.63) is 81.7 Å². The molecule has 2 unspecified atom stereocenters. The zero-order chi connectivity index (χ0) is 25.7. The third-order valence-electron chi connectivity index (χ3n) is 8.04. The average Bonchev–Trinajstić information content (AvgIpc) is 3.65. The van der Waals surface area contributed by atoms with E-state index in [1.807, 2.05) is 19.1 Å². The van der Waals surface area contributed by atoms with Crippen molar-refractivity contribution in [1.29, 1.82) is 0 Å². The third-order valence-corrected chi connectivity index (χ3v) is 8.04. The molecule has 2 aliphatic rings. The summed E-state index contributed by atoms with van der Waals surface area (Å²) in [7, 11) is 1.76. The highest BCUT2D eigenvalue weighted by molar-refractivity contribution is 5.84. The van der Waals surface area contributed by atoms with Crippen LogP contribution in [-0.4, -0.2) is 32.8 Å². The van der Waals surface area contributed by atoms with Crippen LogP contribution in [0.3, 0.4) is 0 Å². The van der Waals surface area contributed by atoms with Crippen LogP contribution in [0.5, 0.6) is 0 Å². The first kappa shape index (κ1) is 24.0. The predicted octanol–water partition coefficient (Wildman–Crippen LogP) is 5.75. The molecule has 7 heteroatoms. The second-order valence-corrected chi connectivity index (χ2v) is 11.1. The lowest BCUT2D eigenvalue weighted by atomic mass is 9.87. The number of likely N-dealkylation sites (tertiary alicyclic amines) is 1. The summed E-state index contributed by atoms with van der Waals surface area (Å²) >= 11 is 0. The molecule has 1 saturated heterocycles. The Morgan fingerprint density at radius 3 is 2.76 bits per heavy atom. The molecule has 0 radical (unpaired) electrons. The number of nitrogens with zero attached hydrogens (tertiary/aromatic N) is 4. The molecule has 0 bridgehead atoms. The number of hydrogen-bond donors (Lipinski definition) is 0. The number of hydrogen-bond acceptors (Lipinski definition) is 5. The van der Waals surface area contributed by atoms with Gasteiger partial charge >= 0.3 is 0 Å². The van der Waals surface area contributed by atoms with E-state index >= 15 is 4.39 Å². The van der Waals surface area contributed by atoms with Gasteiger partial charge in [0.25, 0.3) is 0 Å². The van der Waals surface area contributed by atoms with E-state index < -0.39 is 5.67 Å². The van der Waals surface area contributed by atoms with Crippen LogP contribution in [0.2, 0.25) is 0 Å². The van der Waals surface area contributed by atoms with Gasteiger partial charge in [-0.3, -0.25) is 9.69 Å². The molecule has 2 aromatic heterocycles. The summed E-state index contributed by atoms with van der Waals surface area (Å²) in [6.07, 6.45) is 7.12. The number of piperidine rings is 1. The zero-order valence-corrected chi connectivity index (χ0v) is 21.7. The van der Waals surface area contributed by atoms with Crippen LogP contribution in [0, 0.1) is 18.8 Å². The van der Waals surface area contributed by atoms with Gasteiger partial charge < -0.3 is 8.98 Å². The highest BCUT2D eigenvalue weighted by Crippen LogP contribution is 2.52. The quantitative estimate of drug-likeness (QED) is 0.337. The fourth-order valence-electron chi connectivity index (χ4n) is 6.02. The summed E-state index contributed by atoms with van der Waals surface area (Å²) in [6, 6.07) is 11.3. The van der Waals surface area contributed by atoms with Gasteiger partial charge in [0.1, 0.15) is 18.2 Å². The Kier molecular flexibility index (Phi) is 5.98. The van der Waals surface area contributed by atoms with Crippen molar-refractivity contribution in [2.24, 2.45) is 18.9 Å². The van der Waals surface area contributed by atoms with Crippen molar-refractivity contribution < 1.29 is 8.81 Å². The maximum absolute atomic E-state index is 16.7. The molecule has 2 fully saturated rings. The van der Waals surface area contributed by atoms with E-state index in [4.69, 9.17) is 4.42 Å². The van der Waals surface area contributed by atoms with Gasteiger partial charge in [-0.15, -0.1) is 10.2 Å². The fraction of sp³-hybridized carbons (Fsp3) is 0.433. The Labute approximate surface area is 216 Å². The van der Waals surface area contributed by atoms with E-state index in [1.165, 1.54) is 25.4 Å². The summed E-state index contributed by atoms with van der Waals surface area (Å²) in [5, 5.41) is 8.61. The molecule has 6 nitrogen and oxygen atoms in total. The fourth-order valence-corrected chi connectivity index (χ4v) is 6.02. The molecule has 0 N–H and O–H groups in total. The first-order valence-corrected chi connectivity index (χ1v) is 13.3. The number of halogens is 1. The molecule has 37 heavy (non-hydrogen) atoms. The van der Waals surface area contributed by atoms with Crippen LogP contribution in [0.15, 0.2) is 58.2 Å². The Bertz CT molecular complexity index is 1520. The van der Waals surface area contributed by atoms with Gasteiger partial charge in [0.15, 0.2) is 11.5 Å². The van der Waals surface area contributed by atoms with Gasteiger partial charge in [0, 0.05) is 26.1 Å². The number of fused-ring (bicyclic) bond motifs is 1. The minimum absolute atomic E-state index is 0.0927. The van der Waals surface area contributed by atoms with Gasteiger partial charge in [-0.25, -0.2) is 4.39 Å².